The first-order valence-electron chi connectivity index (χ1n) is 8.61. The Morgan fingerprint density at radius 2 is 2.00 bits per heavy atom. The molecule has 0 bridgehead atoms. The van der Waals surface area contributed by atoms with Crippen LogP contribution in [0.25, 0.3) is 0 Å². The van der Waals surface area contributed by atoms with Crippen LogP contribution < -0.4 is 5.73 Å². The van der Waals surface area contributed by atoms with Crippen molar-refractivity contribution >= 4 is 5.97 Å². The van der Waals surface area contributed by atoms with Crippen molar-refractivity contribution in [1.29, 1.82) is 0 Å². The molecular formula is C17H29F3NO4+. The second kappa shape index (κ2) is 10.1. The van der Waals surface area contributed by atoms with Gasteiger partial charge in [0.2, 0.25) is 0 Å². The van der Waals surface area contributed by atoms with Gasteiger partial charge in [-0.2, -0.15) is 13.2 Å². The molecule has 0 aromatic rings. The van der Waals surface area contributed by atoms with Crippen molar-refractivity contribution in [2.45, 2.75) is 70.6 Å². The maximum atomic E-state index is 12.2. The predicted molar refractivity (Wildman–Crippen MR) is 85.6 cm³/mol. The van der Waals surface area contributed by atoms with Crippen molar-refractivity contribution in [3.05, 3.63) is 12.2 Å². The summed E-state index contributed by atoms with van der Waals surface area (Å²) in [5.74, 6) is -0.117. The molecule has 0 amide bonds. The van der Waals surface area contributed by atoms with Crippen LogP contribution in [0.5, 0.6) is 0 Å². The van der Waals surface area contributed by atoms with Crippen molar-refractivity contribution in [2.75, 3.05) is 13.2 Å². The third kappa shape index (κ3) is 8.69. The summed E-state index contributed by atoms with van der Waals surface area (Å²) < 4.78 is 53.5. The molecular weight excluding hydrogens is 339 g/mol. The zero-order valence-corrected chi connectivity index (χ0v) is 15.1. The normalized spacial score (nSPS) is 29.4. The van der Waals surface area contributed by atoms with Crippen LogP contribution in [0.4, 0.5) is 13.2 Å². The van der Waals surface area contributed by atoms with E-state index in [1.165, 1.54) is 0 Å². The molecule has 8 heteroatoms. The Morgan fingerprint density at radius 3 is 2.60 bits per heavy atom. The summed E-state index contributed by atoms with van der Waals surface area (Å²) in [7, 11) is 0. The lowest BCUT2D eigenvalue weighted by atomic mass is 10.0. The van der Waals surface area contributed by atoms with Gasteiger partial charge in [0, 0.05) is 19.1 Å². The molecule has 146 valence electrons. The molecule has 0 aliphatic carbocycles. The van der Waals surface area contributed by atoms with Gasteiger partial charge in [0.05, 0.1) is 12.7 Å². The highest BCUT2D eigenvalue weighted by Gasteiger charge is 2.35. The van der Waals surface area contributed by atoms with Gasteiger partial charge in [-0.3, -0.25) is 0 Å². The summed E-state index contributed by atoms with van der Waals surface area (Å²) in [5.41, 5.74) is 3.79. The van der Waals surface area contributed by atoms with Crippen molar-refractivity contribution in [3.8, 4) is 0 Å². The summed E-state index contributed by atoms with van der Waals surface area (Å²) >= 11 is 0. The van der Waals surface area contributed by atoms with Crippen LogP contribution in [-0.4, -0.2) is 49.7 Å². The molecule has 0 radical (unpaired) electrons. The van der Waals surface area contributed by atoms with Gasteiger partial charge in [-0.05, 0) is 25.7 Å². The number of ether oxygens (including phenoxy) is 3. The number of hydrogen-bond acceptors (Lipinski definition) is 4. The maximum Gasteiger partial charge on any atom is 0.409 e. The minimum Gasteiger partial charge on any atom is -0.455 e. The van der Waals surface area contributed by atoms with Gasteiger partial charge in [0.1, 0.15) is 12.2 Å². The number of rotatable bonds is 6. The molecule has 1 rings (SSSR count). The first-order valence-corrected chi connectivity index (χ1v) is 8.61. The third-order valence-electron chi connectivity index (χ3n) is 3.84. The lowest BCUT2D eigenvalue weighted by Gasteiger charge is -2.31. The Morgan fingerprint density at radius 1 is 1.32 bits per heavy atom. The average molecular weight is 368 g/mol. The van der Waals surface area contributed by atoms with Crippen LogP contribution in [0.2, 0.25) is 0 Å². The number of quaternary nitrogens is 1. The van der Waals surface area contributed by atoms with E-state index in [-0.39, 0.29) is 18.8 Å². The molecule has 25 heavy (non-hydrogen) atoms. The number of carbonyl (C=O) groups is 1. The topological polar surface area (TPSA) is 72.4 Å². The monoisotopic (exact) mass is 368 g/mol. The van der Waals surface area contributed by atoms with E-state index in [2.05, 4.69) is 5.73 Å². The Labute approximate surface area is 146 Å². The molecule has 1 aliphatic rings. The van der Waals surface area contributed by atoms with Gasteiger partial charge in [-0.25, -0.2) is 4.79 Å². The molecule has 1 fully saturated rings. The average Bonchev–Trinajstić information content (AvgIpc) is 2.53. The summed E-state index contributed by atoms with van der Waals surface area (Å²) in [6, 6.07) is -0.461. The van der Waals surface area contributed by atoms with Crippen LogP contribution in [0.3, 0.4) is 0 Å². The number of allylic oxidation sites excluding steroid dienone is 1. The minimum atomic E-state index is -4.38. The molecule has 5 nitrogen and oxygen atoms in total. The van der Waals surface area contributed by atoms with Gasteiger partial charge in [-0.15, -0.1) is 0 Å². The second-order valence-corrected chi connectivity index (χ2v) is 6.78. The smallest absolute Gasteiger partial charge is 0.409 e. The fourth-order valence-electron chi connectivity index (χ4n) is 2.58. The molecule has 0 spiro atoms. The third-order valence-corrected chi connectivity index (χ3v) is 3.84. The number of hydrogen-bond donors (Lipinski definition) is 1. The Hall–Kier alpha value is -1.12. The second-order valence-electron chi connectivity index (χ2n) is 6.78. The molecule has 0 aromatic carbocycles. The molecule has 3 N–H and O–H groups in total. The van der Waals surface area contributed by atoms with Gasteiger partial charge in [0.25, 0.3) is 0 Å². The van der Waals surface area contributed by atoms with Crippen LogP contribution in [-0.2, 0) is 19.0 Å². The Bertz CT molecular complexity index is 440. The molecule has 1 heterocycles. The number of esters is 1. The van der Waals surface area contributed by atoms with E-state index >= 15 is 0 Å². The van der Waals surface area contributed by atoms with E-state index in [4.69, 9.17) is 14.2 Å². The van der Waals surface area contributed by atoms with Crippen LogP contribution in [0.15, 0.2) is 12.2 Å². The first-order chi connectivity index (χ1) is 11.6. The predicted octanol–water partition coefficient (Wildman–Crippen LogP) is 2.26. The van der Waals surface area contributed by atoms with Crippen LogP contribution in [0, 0.1) is 5.92 Å². The quantitative estimate of drug-likeness (QED) is 0.577. The number of halogens is 3. The van der Waals surface area contributed by atoms with Gasteiger partial charge in [-0.1, -0.05) is 19.9 Å². The largest absolute Gasteiger partial charge is 0.455 e. The molecule has 0 saturated carbocycles. The van der Waals surface area contributed by atoms with Crippen molar-refractivity contribution in [2.24, 2.45) is 5.92 Å². The molecule has 0 unspecified atom stereocenters. The van der Waals surface area contributed by atoms with E-state index < -0.39 is 30.4 Å². The van der Waals surface area contributed by atoms with E-state index in [1.54, 1.807) is 6.92 Å². The highest BCUT2D eigenvalue weighted by Crippen LogP contribution is 2.22. The summed E-state index contributed by atoms with van der Waals surface area (Å²) in [5, 5.41) is 0. The van der Waals surface area contributed by atoms with Crippen molar-refractivity contribution in [3.63, 3.8) is 0 Å². The summed E-state index contributed by atoms with van der Waals surface area (Å²) in [6.45, 7) is 5.94. The lowest BCUT2D eigenvalue weighted by Crippen LogP contribution is -2.65. The lowest BCUT2D eigenvalue weighted by molar-refractivity contribution is -0.410. The minimum absolute atomic E-state index is 0.134. The van der Waals surface area contributed by atoms with E-state index in [0.29, 0.717) is 31.8 Å². The van der Waals surface area contributed by atoms with E-state index in [1.807, 2.05) is 13.8 Å². The Kier molecular flexibility index (Phi) is 8.88. The fourth-order valence-corrected chi connectivity index (χ4v) is 2.58. The highest BCUT2D eigenvalue weighted by molar-refractivity contribution is 5.74. The number of carbonyl (C=O) groups excluding carboxylic acids is 1. The molecule has 4 atom stereocenters. The van der Waals surface area contributed by atoms with Gasteiger partial charge >= 0.3 is 12.1 Å². The standard InChI is InChI=1S/C17H28F3NO4/c1-11(2)10-24-14-7-4-6-13(21)16(22)25-12(3)15(14)23-9-5-8-17(18,19)20/h5,8,11-15H,4,6-7,9-10,21H2,1-3H3/p+1/b8-5+/t12-,13-,14-,15-/m0/s1. The van der Waals surface area contributed by atoms with Crippen molar-refractivity contribution in [1.82, 2.24) is 0 Å². The van der Waals surface area contributed by atoms with E-state index in [9.17, 15) is 18.0 Å². The summed E-state index contributed by atoms with van der Waals surface area (Å²) in [6.07, 6.45) is -3.04. The molecule has 0 aromatic heterocycles. The maximum absolute atomic E-state index is 12.2. The first kappa shape index (κ1) is 21.9. The molecule has 1 saturated heterocycles. The van der Waals surface area contributed by atoms with Crippen molar-refractivity contribution < 1.29 is 37.9 Å². The zero-order valence-electron chi connectivity index (χ0n) is 15.1. The number of alkyl halides is 3. The highest BCUT2D eigenvalue weighted by atomic mass is 19.4. The van der Waals surface area contributed by atoms with E-state index in [0.717, 1.165) is 6.08 Å². The van der Waals surface area contributed by atoms with Crippen LogP contribution in [0.1, 0.15) is 40.0 Å². The Balaban J connectivity index is 2.82. The van der Waals surface area contributed by atoms with Gasteiger partial charge in [0.15, 0.2) is 6.04 Å². The summed E-state index contributed by atoms with van der Waals surface area (Å²) in [4.78, 5) is 12.0. The SMILES string of the molecule is CC(C)CO[C@H]1CCC[C@H]([NH3+])C(=O)O[C@@H](C)[C@@H]1OC/C=C/C(F)(F)F. The fraction of sp³-hybridized carbons (Fsp3) is 0.824. The van der Waals surface area contributed by atoms with Crippen LogP contribution >= 0.6 is 0 Å². The zero-order chi connectivity index (χ0) is 19.0. The van der Waals surface area contributed by atoms with Gasteiger partial charge < -0.3 is 19.9 Å². The number of cyclic esters (lactones) is 1. The molecule has 1 aliphatic heterocycles.